The van der Waals surface area contributed by atoms with Crippen LogP contribution < -0.4 is 5.32 Å². The molecular weight excluding hydrogens is 386 g/mol. The first-order chi connectivity index (χ1) is 15.3. The molecule has 2 aromatic heterocycles. The highest BCUT2D eigenvalue weighted by Gasteiger charge is 2.15. The lowest BCUT2D eigenvalue weighted by Crippen LogP contribution is -2.05. The van der Waals surface area contributed by atoms with E-state index in [0.717, 1.165) is 37.0 Å². The zero-order chi connectivity index (χ0) is 21.5. The lowest BCUT2D eigenvalue weighted by atomic mass is 10.0. The zero-order valence-electron chi connectivity index (χ0n) is 17.8. The van der Waals surface area contributed by atoms with Crippen molar-refractivity contribution in [1.29, 1.82) is 0 Å². The molecule has 2 aromatic carbocycles. The summed E-state index contributed by atoms with van der Waals surface area (Å²) >= 11 is 0. The number of carbonyl (C=O) groups is 1. The molecule has 0 saturated carbocycles. The molecule has 0 saturated heterocycles. The zero-order valence-corrected chi connectivity index (χ0v) is 17.8. The van der Waals surface area contributed by atoms with Gasteiger partial charge in [-0.2, -0.15) is 0 Å². The van der Waals surface area contributed by atoms with Crippen molar-refractivity contribution < 1.29 is 4.79 Å². The number of para-hydroxylation sites is 1. The molecule has 0 aliphatic carbocycles. The number of imidazole rings is 1. The van der Waals surface area contributed by atoms with E-state index >= 15 is 0 Å². The lowest BCUT2D eigenvalue weighted by molar-refractivity contribution is 0.0980. The number of aromatic nitrogens is 4. The Balaban J connectivity index is 1.56. The van der Waals surface area contributed by atoms with Crippen molar-refractivity contribution in [2.45, 2.75) is 45.6 Å². The molecule has 4 aromatic rings. The van der Waals surface area contributed by atoms with E-state index in [1.54, 1.807) is 6.33 Å². The number of nitrogens with one attached hydrogen (secondary N) is 1. The third-order valence-electron chi connectivity index (χ3n) is 5.33. The quantitative estimate of drug-likeness (QED) is 0.264. The van der Waals surface area contributed by atoms with Crippen molar-refractivity contribution in [2.24, 2.45) is 0 Å². The number of hydrogen-bond donors (Lipinski definition) is 1. The molecule has 0 aliphatic rings. The van der Waals surface area contributed by atoms with Crippen molar-refractivity contribution in [1.82, 2.24) is 19.5 Å². The number of carbonyl (C=O) groups excluding carboxylic acids is 1. The van der Waals surface area contributed by atoms with Crippen LogP contribution in [0, 0.1) is 0 Å². The summed E-state index contributed by atoms with van der Waals surface area (Å²) in [6.07, 6.45) is 8.20. The first-order valence-electron chi connectivity index (χ1n) is 10.8. The van der Waals surface area contributed by atoms with Crippen LogP contribution in [0.5, 0.6) is 0 Å². The summed E-state index contributed by atoms with van der Waals surface area (Å²) in [5.74, 6) is 0.752. The number of Topliss-reactive ketones (excluding diaryl/α,β-unsaturated/α-hetero) is 1. The van der Waals surface area contributed by atoms with Gasteiger partial charge in [0.2, 0.25) is 0 Å². The van der Waals surface area contributed by atoms with Crippen LogP contribution in [0.2, 0.25) is 0 Å². The van der Waals surface area contributed by atoms with E-state index in [9.17, 15) is 4.79 Å². The predicted molar refractivity (Wildman–Crippen MR) is 124 cm³/mol. The first kappa shape index (κ1) is 20.7. The van der Waals surface area contributed by atoms with E-state index in [-0.39, 0.29) is 5.78 Å². The Morgan fingerprint density at radius 1 is 0.935 bits per heavy atom. The van der Waals surface area contributed by atoms with Crippen molar-refractivity contribution in [3.8, 4) is 0 Å². The number of ketones is 1. The van der Waals surface area contributed by atoms with Gasteiger partial charge in [0, 0.05) is 12.0 Å². The molecule has 1 N–H and O–H groups in total. The van der Waals surface area contributed by atoms with Gasteiger partial charge < -0.3 is 9.88 Å². The maximum Gasteiger partial charge on any atom is 0.165 e. The fourth-order valence-corrected chi connectivity index (χ4v) is 3.68. The molecule has 0 bridgehead atoms. The van der Waals surface area contributed by atoms with Gasteiger partial charge >= 0.3 is 0 Å². The second-order valence-corrected chi connectivity index (χ2v) is 7.66. The molecular formula is C25H27N5O. The Labute approximate surface area is 182 Å². The van der Waals surface area contributed by atoms with Gasteiger partial charge in [0.25, 0.3) is 0 Å². The van der Waals surface area contributed by atoms with Gasteiger partial charge in [-0.3, -0.25) is 4.79 Å². The van der Waals surface area contributed by atoms with Crippen LogP contribution >= 0.6 is 0 Å². The number of anilines is 2. The molecule has 6 heteroatoms. The van der Waals surface area contributed by atoms with Crippen molar-refractivity contribution in [3.05, 3.63) is 78.4 Å². The summed E-state index contributed by atoms with van der Waals surface area (Å²) in [4.78, 5) is 26.2. The Kier molecular flexibility index (Phi) is 6.67. The van der Waals surface area contributed by atoms with E-state index in [1.807, 2.05) is 47.0 Å². The lowest BCUT2D eigenvalue weighted by Gasteiger charge is -2.11. The van der Waals surface area contributed by atoms with E-state index < -0.39 is 0 Å². The smallest absolute Gasteiger partial charge is 0.165 e. The van der Waals surface area contributed by atoms with E-state index in [2.05, 4.69) is 39.3 Å². The van der Waals surface area contributed by atoms with Crippen molar-refractivity contribution in [3.63, 3.8) is 0 Å². The minimum Gasteiger partial charge on any atom is -0.338 e. The Hall–Kier alpha value is -3.54. The molecule has 0 amide bonds. The third-order valence-corrected chi connectivity index (χ3v) is 5.33. The van der Waals surface area contributed by atoms with Gasteiger partial charge in [0.1, 0.15) is 6.33 Å². The maximum atomic E-state index is 12.8. The minimum absolute atomic E-state index is 0.152. The Morgan fingerprint density at radius 2 is 1.74 bits per heavy atom. The highest BCUT2D eigenvalue weighted by molar-refractivity contribution is 6.02. The second kappa shape index (κ2) is 9.98. The summed E-state index contributed by atoms with van der Waals surface area (Å²) in [6.45, 7) is 2.85. The fourth-order valence-electron chi connectivity index (χ4n) is 3.68. The number of hydrogen-bond acceptors (Lipinski definition) is 5. The fraction of sp³-hybridized carbons (Fsp3) is 0.280. The van der Waals surface area contributed by atoms with Gasteiger partial charge in [0.05, 0.1) is 18.6 Å². The largest absolute Gasteiger partial charge is 0.338 e. The molecule has 0 radical (unpaired) electrons. The van der Waals surface area contributed by atoms with Crippen LogP contribution in [0.1, 0.15) is 54.9 Å². The number of unbranched alkanes of at least 4 members (excludes halogenated alkanes) is 3. The summed E-state index contributed by atoms with van der Waals surface area (Å²) < 4.78 is 2.00. The summed E-state index contributed by atoms with van der Waals surface area (Å²) in [5.41, 5.74) is 4.05. The maximum absolute atomic E-state index is 12.8. The normalized spacial score (nSPS) is 11.0. The summed E-state index contributed by atoms with van der Waals surface area (Å²) in [6, 6.07) is 17.8. The number of rotatable bonds is 10. The van der Waals surface area contributed by atoms with Crippen LogP contribution in [-0.4, -0.2) is 25.3 Å². The summed E-state index contributed by atoms with van der Waals surface area (Å²) in [7, 11) is 0. The SMILES string of the molecule is CCCCCCC(=O)c1ccccc1Nc1ncnc2c1ncn2Cc1ccccc1. The van der Waals surface area contributed by atoms with Gasteiger partial charge in [-0.1, -0.05) is 68.7 Å². The van der Waals surface area contributed by atoms with Crippen LogP contribution in [0.3, 0.4) is 0 Å². The second-order valence-electron chi connectivity index (χ2n) is 7.66. The summed E-state index contributed by atoms with van der Waals surface area (Å²) in [5, 5.41) is 3.33. The van der Waals surface area contributed by atoms with Gasteiger partial charge in [0.15, 0.2) is 22.8 Å². The van der Waals surface area contributed by atoms with E-state index in [4.69, 9.17) is 0 Å². The number of fused-ring (bicyclic) bond motifs is 1. The van der Waals surface area contributed by atoms with Gasteiger partial charge in [-0.25, -0.2) is 15.0 Å². The van der Waals surface area contributed by atoms with Crippen LogP contribution in [0.4, 0.5) is 11.5 Å². The molecule has 158 valence electrons. The topological polar surface area (TPSA) is 72.7 Å². The van der Waals surface area contributed by atoms with Gasteiger partial charge in [-0.05, 0) is 24.1 Å². The number of nitrogens with zero attached hydrogens (tertiary/aromatic N) is 4. The Morgan fingerprint density at radius 3 is 2.58 bits per heavy atom. The molecule has 2 heterocycles. The van der Waals surface area contributed by atoms with Crippen molar-refractivity contribution in [2.75, 3.05) is 5.32 Å². The highest BCUT2D eigenvalue weighted by Crippen LogP contribution is 2.26. The molecule has 4 rings (SSSR count). The Bertz CT molecular complexity index is 1150. The molecule has 0 aliphatic heterocycles. The van der Waals surface area contributed by atoms with Crippen LogP contribution in [-0.2, 0) is 6.54 Å². The number of benzene rings is 2. The highest BCUT2D eigenvalue weighted by atomic mass is 16.1. The first-order valence-corrected chi connectivity index (χ1v) is 10.8. The third kappa shape index (κ3) is 4.97. The molecule has 6 nitrogen and oxygen atoms in total. The van der Waals surface area contributed by atoms with Gasteiger partial charge in [-0.15, -0.1) is 0 Å². The molecule has 0 unspecified atom stereocenters. The molecule has 0 fully saturated rings. The van der Waals surface area contributed by atoms with E-state index in [0.29, 0.717) is 29.9 Å². The van der Waals surface area contributed by atoms with E-state index in [1.165, 1.54) is 11.9 Å². The van der Waals surface area contributed by atoms with Crippen molar-refractivity contribution >= 4 is 28.5 Å². The molecule has 0 atom stereocenters. The minimum atomic E-state index is 0.152. The molecule has 0 spiro atoms. The monoisotopic (exact) mass is 413 g/mol. The standard InChI is InChI=1S/C25H27N5O/c1-2-3-4-8-15-22(31)20-13-9-10-14-21(20)29-24-23-25(27-17-26-24)30(18-28-23)16-19-11-6-5-7-12-19/h5-7,9-14,17-18H,2-4,8,15-16H2,1H3,(H,26,27,29). The average Bonchev–Trinajstić information content (AvgIpc) is 3.21. The van der Waals surface area contributed by atoms with Crippen LogP contribution in [0.15, 0.2) is 67.3 Å². The predicted octanol–water partition coefficient (Wildman–Crippen LogP) is 5.77. The average molecular weight is 414 g/mol. The van der Waals surface area contributed by atoms with Crippen LogP contribution in [0.25, 0.3) is 11.2 Å². The molecule has 31 heavy (non-hydrogen) atoms.